The highest BCUT2D eigenvalue weighted by atomic mass is 16.3. The maximum absolute atomic E-state index is 5.77. The van der Waals surface area contributed by atoms with E-state index >= 15 is 0 Å². The van der Waals surface area contributed by atoms with Crippen LogP contribution >= 0.6 is 0 Å². The number of rotatable bonds is 1. The third-order valence-corrected chi connectivity index (χ3v) is 2.47. The summed E-state index contributed by atoms with van der Waals surface area (Å²) in [5.74, 6) is 1.13. The molecule has 0 aliphatic carbocycles. The zero-order valence-electron chi connectivity index (χ0n) is 8.42. The molecule has 0 fully saturated rings. The van der Waals surface area contributed by atoms with Crippen molar-refractivity contribution in [2.24, 2.45) is 0 Å². The van der Waals surface area contributed by atoms with Crippen LogP contribution in [0.15, 0.2) is 47.1 Å². The number of benzene rings is 1. The topological polar surface area (TPSA) is 64.9 Å². The second-order valence-corrected chi connectivity index (χ2v) is 3.46. The Labute approximate surface area is 91.7 Å². The summed E-state index contributed by atoms with van der Waals surface area (Å²) in [5.41, 5.74) is 6.49. The highest BCUT2D eigenvalue weighted by Crippen LogP contribution is 2.28. The fourth-order valence-corrected chi connectivity index (χ4v) is 1.72. The van der Waals surface area contributed by atoms with Gasteiger partial charge in [-0.05, 0) is 12.1 Å². The number of furan rings is 1. The monoisotopic (exact) mass is 211 g/mol. The van der Waals surface area contributed by atoms with E-state index in [1.54, 1.807) is 6.26 Å². The fourth-order valence-electron chi connectivity index (χ4n) is 1.72. The van der Waals surface area contributed by atoms with Gasteiger partial charge in [-0.15, -0.1) is 10.2 Å². The van der Waals surface area contributed by atoms with Crippen LogP contribution in [0, 0.1) is 0 Å². The second kappa shape index (κ2) is 3.34. The van der Waals surface area contributed by atoms with Crippen LogP contribution in [0.4, 0.5) is 5.82 Å². The molecule has 0 amide bonds. The largest absolute Gasteiger partial charge is 0.463 e. The standard InChI is InChI=1S/C12H9N3O/c13-12-9-5-2-1-4-8(9)11(14-15-12)10-6-3-7-16-10/h1-7H,(H2,13,15). The van der Waals surface area contributed by atoms with Crippen molar-refractivity contribution in [3.05, 3.63) is 42.7 Å². The Morgan fingerprint density at radius 2 is 1.75 bits per heavy atom. The van der Waals surface area contributed by atoms with Gasteiger partial charge in [0.05, 0.1) is 6.26 Å². The van der Waals surface area contributed by atoms with Gasteiger partial charge in [-0.25, -0.2) is 0 Å². The van der Waals surface area contributed by atoms with Crippen molar-refractivity contribution >= 4 is 16.6 Å². The minimum atomic E-state index is 0.436. The van der Waals surface area contributed by atoms with Crippen LogP contribution in [0.2, 0.25) is 0 Å². The molecule has 3 aromatic rings. The number of hydrogen-bond acceptors (Lipinski definition) is 4. The van der Waals surface area contributed by atoms with Crippen LogP contribution in [0.1, 0.15) is 0 Å². The van der Waals surface area contributed by atoms with Crippen LogP contribution in [0.3, 0.4) is 0 Å². The molecule has 1 aromatic carbocycles. The summed E-state index contributed by atoms with van der Waals surface area (Å²) in [6.07, 6.45) is 1.61. The Hall–Kier alpha value is -2.36. The molecule has 2 N–H and O–H groups in total. The quantitative estimate of drug-likeness (QED) is 0.671. The number of nitrogens with zero attached hydrogens (tertiary/aromatic N) is 2. The molecule has 78 valence electrons. The van der Waals surface area contributed by atoms with E-state index in [2.05, 4.69) is 10.2 Å². The summed E-state index contributed by atoms with van der Waals surface area (Å²) < 4.78 is 5.32. The molecule has 4 heteroatoms. The average Bonchev–Trinajstić information content (AvgIpc) is 2.83. The number of hydrogen-bond donors (Lipinski definition) is 1. The maximum Gasteiger partial charge on any atom is 0.154 e. The van der Waals surface area contributed by atoms with Gasteiger partial charge in [0.25, 0.3) is 0 Å². The zero-order chi connectivity index (χ0) is 11.0. The Morgan fingerprint density at radius 3 is 2.50 bits per heavy atom. The summed E-state index contributed by atoms with van der Waals surface area (Å²) in [7, 11) is 0. The lowest BCUT2D eigenvalue weighted by molar-refractivity contribution is 0.580. The third-order valence-electron chi connectivity index (χ3n) is 2.47. The normalized spacial score (nSPS) is 10.8. The Bertz CT molecular complexity index is 632. The molecule has 0 aliphatic heterocycles. The zero-order valence-corrected chi connectivity index (χ0v) is 8.42. The molecule has 2 aromatic heterocycles. The molecule has 4 nitrogen and oxygen atoms in total. The van der Waals surface area contributed by atoms with Gasteiger partial charge < -0.3 is 10.2 Å². The molecule has 0 unspecified atom stereocenters. The molecule has 16 heavy (non-hydrogen) atoms. The average molecular weight is 211 g/mol. The lowest BCUT2D eigenvalue weighted by atomic mass is 10.1. The van der Waals surface area contributed by atoms with Crippen molar-refractivity contribution in [1.29, 1.82) is 0 Å². The third kappa shape index (κ3) is 1.24. The maximum atomic E-state index is 5.77. The van der Waals surface area contributed by atoms with Gasteiger partial charge >= 0.3 is 0 Å². The van der Waals surface area contributed by atoms with Crippen LogP contribution in [-0.2, 0) is 0 Å². The van der Waals surface area contributed by atoms with Crippen molar-refractivity contribution in [2.75, 3.05) is 5.73 Å². The first-order valence-corrected chi connectivity index (χ1v) is 4.91. The van der Waals surface area contributed by atoms with Crippen molar-refractivity contribution in [2.45, 2.75) is 0 Å². The highest BCUT2D eigenvalue weighted by Gasteiger charge is 2.10. The first-order valence-electron chi connectivity index (χ1n) is 4.91. The summed E-state index contributed by atoms with van der Waals surface area (Å²) in [6.45, 7) is 0. The predicted octanol–water partition coefficient (Wildman–Crippen LogP) is 2.47. The van der Waals surface area contributed by atoms with Gasteiger partial charge in [0.1, 0.15) is 5.69 Å². The van der Waals surface area contributed by atoms with Gasteiger partial charge in [-0.3, -0.25) is 0 Å². The van der Waals surface area contributed by atoms with E-state index in [0.29, 0.717) is 11.6 Å². The molecule has 0 atom stereocenters. The van der Waals surface area contributed by atoms with Crippen LogP contribution in [-0.4, -0.2) is 10.2 Å². The van der Waals surface area contributed by atoms with E-state index in [-0.39, 0.29) is 0 Å². The Kier molecular flexibility index (Phi) is 1.86. The van der Waals surface area contributed by atoms with Crippen LogP contribution in [0.25, 0.3) is 22.2 Å². The van der Waals surface area contributed by atoms with Crippen molar-refractivity contribution in [3.63, 3.8) is 0 Å². The molecule has 0 spiro atoms. The Balaban J connectivity index is 2.39. The van der Waals surface area contributed by atoms with E-state index in [4.69, 9.17) is 10.2 Å². The second-order valence-electron chi connectivity index (χ2n) is 3.46. The minimum Gasteiger partial charge on any atom is -0.463 e. The van der Waals surface area contributed by atoms with Gasteiger partial charge in [0.2, 0.25) is 0 Å². The van der Waals surface area contributed by atoms with Crippen LogP contribution in [0.5, 0.6) is 0 Å². The SMILES string of the molecule is Nc1nnc(-c2ccco2)c2ccccc12. The van der Waals surface area contributed by atoms with Gasteiger partial charge in [0, 0.05) is 10.8 Å². The van der Waals surface area contributed by atoms with Gasteiger partial charge in [0.15, 0.2) is 11.6 Å². The van der Waals surface area contributed by atoms with E-state index in [0.717, 1.165) is 16.5 Å². The first kappa shape index (κ1) is 8.91. The molecule has 0 bridgehead atoms. The van der Waals surface area contributed by atoms with Crippen molar-refractivity contribution < 1.29 is 4.42 Å². The minimum absolute atomic E-state index is 0.436. The molecular formula is C12H9N3O. The predicted molar refractivity (Wildman–Crippen MR) is 61.7 cm³/mol. The molecule has 2 heterocycles. The molecule has 0 radical (unpaired) electrons. The number of anilines is 1. The number of nitrogen functional groups attached to an aromatic ring is 1. The van der Waals surface area contributed by atoms with Gasteiger partial charge in [-0.1, -0.05) is 24.3 Å². The molecule has 0 saturated carbocycles. The summed E-state index contributed by atoms with van der Waals surface area (Å²) in [5, 5.41) is 9.85. The lowest BCUT2D eigenvalue weighted by Gasteiger charge is -2.03. The van der Waals surface area contributed by atoms with E-state index in [1.807, 2.05) is 36.4 Å². The molecule has 3 rings (SSSR count). The Morgan fingerprint density at radius 1 is 0.938 bits per heavy atom. The van der Waals surface area contributed by atoms with E-state index in [1.165, 1.54) is 0 Å². The highest BCUT2D eigenvalue weighted by molar-refractivity contribution is 5.98. The smallest absolute Gasteiger partial charge is 0.154 e. The summed E-state index contributed by atoms with van der Waals surface area (Å²) in [6, 6.07) is 11.4. The lowest BCUT2D eigenvalue weighted by Crippen LogP contribution is -1.96. The van der Waals surface area contributed by atoms with Crippen molar-refractivity contribution in [1.82, 2.24) is 10.2 Å². The molecular weight excluding hydrogens is 202 g/mol. The fraction of sp³-hybridized carbons (Fsp3) is 0. The summed E-state index contributed by atoms with van der Waals surface area (Å²) in [4.78, 5) is 0. The van der Waals surface area contributed by atoms with E-state index in [9.17, 15) is 0 Å². The molecule has 0 saturated heterocycles. The van der Waals surface area contributed by atoms with Gasteiger partial charge in [-0.2, -0.15) is 0 Å². The van der Waals surface area contributed by atoms with E-state index < -0.39 is 0 Å². The number of fused-ring (bicyclic) bond motifs is 1. The summed E-state index contributed by atoms with van der Waals surface area (Å²) >= 11 is 0. The van der Waals surface area contributed by atoms with Crippen molar-refractivity contribution in [3.8, 4) is 11.5 Å². The number of aromatic nitrogens is 2. The number of nitrogens with two attached hydrogens (primary N) is 1. The first-order chi connectivity index (χ1) is 7.86. The molecule has 0 aliphatic rings. The van der Waals surface area contributed by atoms with Crippen LogP contribution < -0.4 is 5.73 Å².